The molecule has 0 radical (unpaired) electrons. The highest BCUT2D eigenvalue weighted by Crippen LogP contribution is 2.22. The Balaban J connectivity index is 1.77. The fraction of sp³-hybridized carbons (Fsp3) is 0.294. The first-order chi connectivity index (χ1) is 10.8. The molecule has 0 aliphatic carbocycles. The van der Waals surface area contributed by atoms with Crippen LogP contribution in [0.25, 0.3) is 16.9 Å². The maximum absolute atomic E-state index is 4.74. The van der Waals surface area contributed by atoms with Crippen LogP contribution in [0, 0.1) is 6.92 Å². The number of rotatable bonds is 3. The lowest BCUT2D eigenvalue weighted by Gasteiger charge is -2.14. The van der Waals surface area contributed by atoms with Crippen molar-refractivity contribution in [3.63, 3.8) is 0 Å². The molecule has 2 N–H and O–H groups in total. The number of nitrogens with zero attached hydrogens (tertiary/aromatic N) is 3. The third kappa shape index (κ3) is 2.44. The predicted molar refractivity (Wildman–Crippen MR) is 88.1 cm³/mol. The molecule has 1 fully saturated rings. The van der Waals surface area contributed by atoms with Gasteiger partial charge in [-0.15, -0.1) is 0 Å². The quantitative estimate of drug-likeness (QED) is 0.779. The molecule has 2 aromatic heterocycles. The largest absolute Gasteiger partial charge is 0.366 e. The number of hydrogen-bond donors (Lipinski definition) is 2. The fourth-order valence-electron chi connectivity index (χ4n) is 2.94. The van der Waals surface area contributed by atoms with Crippen molar-refractivity contribution in [2.75, 3.05) is 18.4 Å². The molecule has 3 aromatic rings. The Labute approximate surface area is 129 Å². The van der Waals surface area contributed by atoms with Crippen molar-refractivity contribution < 1.29 is 0 Å². The lowest BCUT2D eigenvalue weighted by molar-refractivity contribution is 0.774. The Kier molecular flexibility index (Phi) is 3.27. The van der Waals surface area contributed by atoms with E-state index in [2.05, 4.69) is 33.8 Å². The summed E-state index contributed by atoms with van der Waals surface area (Å²) in [4.78, 5) is 4.60. The highest BCUT2D eigenvalue weighted by molar-refractivity contribution is 5.65. The van der Waals surface area contributed by atoms with Crippen LogP contribution in [0.1, 0.15) is 12.1 Å². The van der Waals surface area contributed by atoms with Crippen molar-refractivity contribution in [2.45, 2.75) is 19.4 Å². The number of benzene rings is 1. The van der Waals surface area contributed by atoms with Crippen molar-refractivity contribution in [3.8, 4) is 11.3 Å². The summed E-state index contributed by atoms with van der Waals surface area (Å²) in [5.41, 5.74) is 3.94. The van der Waals surface area contributed by atoms with E-state index in [1.807, 2.05) is 35.7 Å². The SMILES string of the molecule is Cc1cc(NC2CCNC2)n2nc(-c3ccccc3)cc2n1. The first-order valence-electron chi connectivity index (χ1n) is 7.70. The predicted octanol–water partition coefficient (Wildman–Crippen LogP) is 2.48. The zero-order valence-electron chi connectivity index (χ0n) is 12.6. The summed E-state index contributed by atoms with van der Waals surface area (Å²) in [5.74, 6) is 1.01. The Hall–Kier alpha value is -2.40. The van der Waals surface area contributed by atoms with Crippen LogP contribution in [0.2, 0.25) is 0 Å². The third-order valence-electron chi connectivity index (χ3n) is 4.04. The van der Waals surface area contributed by atoms with E-state index >= 15 is 0 Å². The minimum absolute atomic E-state index is 0.453. The highest BCUT2D eigenvalue weighted by atomic mass is 15.3. The van der Waals surface area contributed by atoms with Crippen molar-refractivity contribution in [1.82, 2.24) is 19.9 Å². The van der Waals surface area contributed by atoms with E-state index in [9.17, 15) is 0 Å². The molecule has 22 heavy (non-hydrogen) atoms. The number of fused-ring (bicyclic) bond motifs is 1. The monoisotopic (exact) mass is 293 g/mol. The maximum atomic E-state index is 4.74. The van der Waals surface area contributed by atoms with E-state index < -0.39 is 0 Å². The molecule has 1 aliphatic rings. The normalized spacial score (nSPS) is 18.0. The van der Waals surface area contributed by atoms with Crippen molar-refractivity contribution in [3.05, 3.63) is 48.2 Å². The molecule has 0 bridgehead atoms. The lowest BCUT2D eigenvalue weighted by atomic mass is 10.2. The van der Waals surface area contributed by atoms with E-state index in [1.54, 1.807) is 0 Å². The van der Waals surface area contributed by atoms with Gasteiger partial charge in [0, 0.05) is 36.0 Å². The standard InChI is InChI=1S/C17H19N5/c1-12-9-16(20-14-7-8-18-11-14)22-17(19-12)10-15(21-22)13-5-3-2-4-6-13/h2-6,9-10,14,18,20H,7-8,11H2,1H3. The van der Waals surface area contributed by atoms with Gasteiger partial charge in [0.2, 0.25) is 0 Å². The molecule has 0 spiro atoms. The Morgan fingerprint density at radius 1 is 1.23 bits per heavy atom. The van der Waals surface area contributed by atoms with Crippen LogP contribution in [0.5, 0.6) is 0 Å². The average molecular weight is 293 g/mol. The van der Waals surface area contributed by atoms with Gasteiger partial charge in [0.1, 0.15) is 5.82 Å². The first-order valence-corrected chi connectivity index (χ1v) is 7.70. The zero-order valence-corrected chi connectivity index (χ0v) is 12.6. The summed E-state index contributed by atoms with van der Waals surface area (Å²) < 4.78 is 1.91. The zero-order chi connectivity index (χ0) is 14.9. The van der Waals surface area contributed by atoms with E-state index in [0.29, 0.717) is 6.04 Å². The summed E-state index contributed by atoms with van der Waals surface area (Å²) >= 11 is 0. The molecule has 1 unspecified atom stereocenters. The van der Waals surface area contributed by atoms with E-state index in [1.165, 1.54) is 0 Å². The van der Waals surface area contributed by atoms with Gasteiger partial charge in [-0.2, -0.15) is 9.61 Å². The van der Waals surface area contributed by atoms with Crippen molar-refractivity contribution in [2.24, 2.45) is 0 Å². The molecule has 1 aromatic carbocycles. The summed E-state index contributed by atoms with van der Waals surface area (Å²) in [6.45, 7) is 4.09. The fourth-order valence-corrected chi connectivity index (χ4v) is 2.94. The Bertz CT molecular complexity index is 787. The number of hydrogen-bond acceptors (Lipinski definition) is 4. The summed E-state index contributed by atoms with van der Waals surface area (Å²) in [5, 5.41) is 11.7. The Morgan fingerprint density at radius 2 is 2.09 bits per heavy atom. The third-order valence-corrected chi connectivity index (χ3v) is 4.04. The van der Waals surface area contributed by atoms with Crippen LogP contribution < -0.4 is 10.6 Å². The molecule has 1 saturated heterocycles. The number of anilines is 1. The molecular formula is C17H19N5. The van der Waals surface area contributed by atoms with Gasteiger partial charge in [-0.05, 0) is 19.9 Å². The number of nitrogens with one attached hydrogen (secondary N) is 2. The van der Waals surface area contributed by atoms with Gasteiger partial charge in [-0.1, -0.05) is 30.3 Å². The molecule has 4 rings (SSSR count). The average Bonchev–Trinajstić information content (AvgIpc) is 3.17. The minimum Gasteiger partial charge on any atom is -0.366 e. The number of aryl methyl sites for hydroxylation is 1. The van der Waals surface area contributed by atoms with Gasteiger partial charge in [0.25, 0.3) is 0 Å². The van der Waals surface area contributed by atoms with Crippen LogP contribution in [0.3, 0.4) is 0 Å². The molecule has 5 heteroatoms. The van der Waals surface area contributed by atoms with E-state index in [4.69, 9.17) is 5.10 Å². The van der Waals surface area contributed by atoms with Crippen LogP contribution in [-0.4, -0.2) is 33.7 Å². The molecule has 0 amide bonds. The van der Waals surface area contributed by atoms with Crippen LogP contribution in [0.15, 0.2) is 42.5 Å². The molecule has 3 heterocycles. The highest BCUT2D eigenvalue weighted by Gasteiger charge is 2.16. The van der Waals surface area contributed by atoms with E-state index in [0.717, 1.165) is 47.9 Å². The molecule has 112 valence electrons. The van der Waals surface area contributed by atoms with Crippen LogP contribution >= 0.6 is 0 Å². The second kappa shape index (κ2) is 5.42. The summed E-state index contributed by atoms with van der Waals surface area (Å²) in [6, 6.07) is 14.8. The van der Waals surface area contributed by atoms with Gasteiger partial charge in [0.05, 0.1) is 5.69 Å². The summed E-state index contributed by atoms with van der Waals surface area (Å²) in [6.07, 6.45) is 1.13. The molecular weight excluding hydrogens is 274 g/mol. The van der Waals surface area contributed by atoms with Crippen molar-refractivity contribution in [1.29, 1.82) is 0 Å². The van der Waals surface area contributed by atoms with Gasteiger partial charge in [-0.3, -0.25) is 0 Å². The maximum Gasteiger partial charge on any atom is 0.158 e. The lowest BCUT2D eigenvalue weighted by Crippen LogP contribution is -2.23. The van der Waals surface area contributed by atoms with Crippen LogP contribution in [0.4, 0.5) is 5.82 Å². The van der Waals surface area contributed by atoms with Gasteiger partial charge >= 0.3 is 0 Å². The number of aromatic nitrogens is 3. The second-order valence-electron chi connectivity index (χ2n) is 5.78. The smallest absolute Gasteiger partial charge is 0.158 e. The van der Waals surface area contributed by atoms with Gasteiger partial charge in [0.15, 0.2) is 5.65 Å². The van der Waals surface area contributed by atoms with E-state index in [-0.39, 0.29) is 0 Å². The molecule has 1 atom stereocenters. The van der Waals surface area contributed by atoms with Gasteiger partial charge < -0.3 is 10.6 Å². The van der Waals surface area contributed by atoms with Gasteiger partial charge in [-0.25, -0.2) is 4.98 Å². The summed E-state index contributed by atoms with van der Waals surface area (Å²) in [7, 11) is 0. The molecule has 5 nitrogen and oxygen atoms in total. The van der Waals surface area contributed by atoms with Crippen molar-refractivity contribution >= 4 is 11.5 Å². The minimum atomic E-state index is 0.453. The molecule has 0 saturated carbocycles. The Morgan fingerprint density at radius 3 is 2.86 bits per heavy atom. The topological polar surface area (TPSA) is 54.2 Å². The molecule has 1 aliphatic heterocycles. The second-order valence-corrected chi connectivity index (χ2v) is 5.78. The van der Waals surface area contributed by atoms with Crippen LogP contribution in [-0.2, 0) is 0 Å². The first kappa shape index (κ1) is 13.3.